The lowest BCUT2D eigenvalue weighted by molar-refractivity contribution is -0.108. The molecule has 3 aliphatic rings. The van der Waals surface area contributed by atoms with Crippen molar-refractivity contribution in [2.45, 2.75) is 31.1 Å². The zero-order chi connectivity index (χ0) is 18.6. The molecule has 7 heteroatoms. The summed E-state index contributed by atoms with van der Waals surface area (Å²) < 4.78 is 12.4. The van der Waals surface area contributed by atoms with Gasteiger partial charge < -0.3 is 15.2 Å². The Morgan fingerprint density at radius 1 is 1.26 bits per heavy atom. The molecule has 2 N–H and O–H groups in total. The fraction of sp³-hybridized carbons (Fsp3) is 0.400. The number of benzene rings is 1. The summed E-state index contributed by atoms with van der Waals surface area (Å²) in [6.45, 7) is 2.83. The molecule has 5 nitrogen and oxygen atoms in total. The molecule has 0 amide bonds. The van der Waals surface area contributed by atoms with Crippen molar-refractivity contribution in [3.05, 3.63) is 47.2 Å². The van der Waals surface area contributed by atoms with Crippen LogP contribution in [-0.4, -0.2) is 34.7 Å². The van der Waals surface area contributed by atoms with Crippen LogP contribution in [0.2, 0.25) is 5.02 Å². The number of ether oxygens (including phenoxy) is 2. The van der Waals surface area contributed by atoms with Gasteiger partial charge in [0.2, 0.25) is 0 Å². The molecule has 1 aromatic carbocycles. The van der Waals surface area contributed by atoms with Crippen molar-refractivity contribution in [1.29, 1.82) is 0 Å². The van der Waals surface area contributed by atoms with E-state index in [0.29, 0.717) is 16.8 Å². The van der Waals surface area contributed by atoms with Crippen LogP contribution < -0.4 is 10.5 Å². The number of hydrogen-bond donors (Lipinski definition) is 1. The Balaban J connectivity index is 1.69. The molecule has 2 aromatic rings. The average Bonchev–Trinajstić information content (AvgIpc) is 3.04. The lowest BCUT2D eigenvalue weighted by Crippen LogP contribution is -2.55. The van der Waals surface area contributed by atoms with Gasteiger partial charge in [-0.1, -0.05) is 29.4 Å². The minimum absolute atomic E-state index is 0.0589. The van der Waals surface area contributed by atoms with E-state index in [1.807, 2.05) is 18.3 Å². The van der Waals surface area contributed by atoms with Gasteiger partial charge in [-0.05, 0) is 30.7 Å². The van der Waals surface area contributed by atoms with E-state index in [-0.39, 0.29) is 18.1 Å². The molecule has 4 heterocycles. The van der Waals surface area contributed by atoms with E-state index in [0.717, 1.165) is 34.6 Å². The van der Waals surface area contributed by atoms with Crippen LogP contribution in [0, 0.1) is 5.92 Å². The predicted octanol–water partition coefficient (Wildman–Crippen LogP) is 3.84. The number of aromatic nitrogens is 1. The third-order valence-electron chi connectivity index (χ3n) is 5.75. The lowest BCUT2D eigenvalue weighted by Gasteiger charge is -2.49. The number of thioether (sulfide) groups is 1. The number of aliphatic imine (C=N–C) groups is 1. The minimum atomic E-state index is -0.422. The molecule has 0 saturated carbocycles. The number of pyridine rings is 1. The van der Waals surface area contributed by atoms with Gasteiger partial charge in [-0.25, -0.2) is 4.99 Å². The number of amidine groups is 1. The van der Waals surface area contributed by atoms with Crippen molar-refractivity contribution >= 4 is 28.5 Å². The molecule has 27 heavy (non-hydrogen) atoms. The highest BCUT2D eigenvalue weighted by Gasteiger charge is 2.56. The van der Waals surface area contributed by atoms with Crippen molar-refractivity contribution in [1.82, 2.24) is 4.98 Å². The fourth-order valence-electron chi connectivity index (χ4n) is 4.60. The topological polar surface area (TPSA) is 69.7 Å². The van der Waals surface area contributed by atoms with E-state index in [4.69, 9.17) is 31.8 Å². The van der Waals surface area contributed by atoms with Crippen LogP contribution in [0.1, 0.15) is 18.9 Å². The second-order valence-corrected chi connectivity index (χ2v) is 8.74. The molecule has 0 aliphatic carbocycles. The van der Waals surface area contributed by atoms with E-state index in [9.17, 15) is 0 Å². The van der Waals surface area contributed by atoms with Gasteiger partial charge in [0.1, 0.15) is 17.4 Å². The number of rotatable bonds is 1. The molecular formula is C20H20ClN3O2S. The molecule has 1 spiro atoms. The van der Waals surface area contributed by atoms with Gasteiger partial charge >= 0.3 is 0 Å². The van der Waals surface area contributed by atoms with Crippen molar-refractivity contribution in [2.75, 3.05) is 12.4 Å². The number of nitrogens with zero attached hydrogens (tertiary/aromatic N) is 2. The Kier molecular flexibility index (Phi) is 4.11. The normalized spacial score (nSPS) is 31.8. The van der Waals surface area contributed by atoms with Crippen LogP contribution in [0.3, 0.4) is 0 Å². The van der Waals surface area contributed by atoms with Crippen LogP contribution in [0.15, 0.2) is 41.7 Å². The smallest absolute Gasteiger partial charge is 0.154 e. The molecule has 1 fully saturated rings. The average molecular weight is 402 g/mol. The van der Waals surface area contributed by atoms with Crippen molar-refractivity contribution in [2.24, 2.45) is 16.6 Å². The van der Waals surface area contributed by atoms with Crippen molar-refractivity contribution in [3.8, 4) is 16.9 Å². The Bertz CT molecular complexity index is 937. The van der Waals surface area contributed by atoms with Gasteiger partial charge in [-0.15, -0.1) is 0 Å². The molecule has 1 saturated heterocycles. The second-order valence-electron chi connectivity index (χ2n) is 7.31. The number of hydrogen-bond acceptors (Lipinski definition) is 6. The first kappa shape index (κ1) is 17.3. The van der Waals surface area contributed by atoms with Gasteiger partial charge in [0.05, 0.1) is 23.7 Å². The largest absolute Gasteiger partial charge is 0.489 e. The van der Waals surface area contributed by atoms with E-state index in [2.05, 4.69) is 24.0 Å². The highest BCUT2D eigenvalue weighted by Crippen LogP contribution is 2.54. The first-order valence-corrected chi connectivity index (χ1v) is 10.4. The Morgan fingerprint density at radius 3 is 2.93 bits per heavy atom. The van der Waals surface area contributed by atoms with Gasteiger partial charge in [0.15, 0.2) is 5.17 Å². The zero-order valence-corrected chi connectivity index (χ0v) is 16.5. The molecule has 1 aromatic heterocycles. The molecule has 5 rings (SSSR count). The summed E-state index contributed by atoms with van der Waals surface area (Å²) in [6.07, 6.45) is 4.48. The minimum Gasteiger partial charge on any atom is -0.489 e. The molecule has 0 unspecified atom stereocenters. The third-order valence-corrected chi connectivity index (χ3v) is 6.93. The zero-order valence-electron chi connectivity index (χ0n) is 14.9. The summed E-state index contributed by atoms with van der Waals surface area (Å²) in [4.78, 5) is 9.18. The fourth-order valence-corrected chi connectivity index (χ4v) is 5.78. The number of halogens is 1. The van der Waals surface area contributed by atoms with E-state index in [1.165, 1.54) is 0 Å². The quantitative estimate of drug-likeness (QED) is 0.786. The monoisotopic (exact) mass is 401 g/mol. The van der Waals surface area contributed by atoms with Crippen LogP contribution in [0.4, 0.5) is 0 Å². The van der Waals surface area contributed by atoms with Crippen LogP contribution in [0.5, 0.6) is 5.75 Å². The van der Waals surface area contributed by atoms with E-state index < -0.39 is 5.54 Å². The molecule has 140 valence electrons. The first-order chi connectivity index (χ1) is 13.1. The van der Waals surface area contributed by atoms with Crippen LogP contribution in [-0.2, 0) is 10.3 Å². The predicted molar refractivity (Wildman–Crippen MR) is 108 cm³/mol. The van der Waals surface area contributed by atoms with Gasteiger partial charge in [-0.2, -0.15) is 0 Å². The summed E-state index contributed by atoms with van der Waals surface area (Å²) in [5, 5.41) is 1.25. The summed E-state index contributed by atoms with van der Waals surface area (Å²) in [5.41, 5.74) is 8.80. The van der Waals surface area contributed by atoms with Crippen molar-refractivity contribution in [3.63, 3.8) is 0 Å². The Labute approximate surface area is 167 Å². The third kappa shape index (κ3) is 2.73. The number of fused-ring (bicyclic) bond motifs is 4. The highest BCUT2D eigenvalue weighted by atomic mass is 35.5. The van der Waals surface area contributed by atoms with Crippen LogP contribution in [0.25, 0.3) is 11.1 Å². The lowest BCUT2D eigenvalue weighted by atomic mass is 9.70. The highest BCUT2D eigenvalue weighted by molar-refractivity contribution is 8.14. The van der Waals surface area contributed by atoms with Gasteiger partial charge in [0, 0.05) is 35.7 Å². The van der Waals surface area contributed by atoms with E-state index in [1.54, 1.807) is 18.0 Å². The molecular weight excluding hydrogens is 382 g/mol. The summed E-state index contributed by atoms with van der Waals surface area (Å²) in [5.74, 6) is 1.84. The summed E-state index contributed by atoms with van der Waals surface area (Å²) in [6, 6.07) is 8.17. The molecule has 0 bridgehead atoms. The summed E-state index contributed by atoms with van der Waals surface area (Å²) in [7, 11) is 0. The molecule has 4 atom stereocenters. The second kappa shape index (κ2) is 6.40. The first-order valence-electron chi connectivity index (χ1n) is 9.09. The maximum atomic E-state index is 6.40. The SMILES string of the molecule is C[C@H]1OCC[C@H]2Oc3ccc(-c4cncc(Cl)c4)cc3[C@@]3(CSC(N)=N3)[C@H]12. The maximum absolute atomic E-state index is 6.40. The van der Waals surface area contributed by atoms with Crippen molar-refractivity contribution < 1.29 is 9.47 Å². The Hall–Kier alpha value is -1.76. The summed E-state index contributed by atoms with van der Waals surface area (Å²) >= 11 is 7.75. The Morgan fingerprint density at radius 2 is 2.15 bits per heavy atom. The van der Waals surface area contributed by atoms with Crippen LogP contribution >= 0.6 is 23.4 Å². The number of nitrogens with two attached hydrogens (primary N) is 1. The molecule has 3 aliphatic heterocycles. The van der Waals surface area contributed by atoms with Gasteiger partial charge in [0.25, 0.3) is 0 Å². The van der Waals surface area contributed by atoms with E-state index >= 15 is 0 Å². The van der Waals surface area contributed by atoms with Gasteiger partial charge in [-0.3, -0.25) is 4.98 Å². The molecule has 0 radical (unpaired) electrons. The standard InChI is InChI=1S/C20H20ClN3O2S/c1-11-18-17(4-5-25-11)26-16-3-2-12(13-6-14(21)9-23-8-13)7-15(16)20(18)10-27-19(22)24-20/h2-3,6-9,11,17-18H,4-5,10H2,1H3,(H2,22,24)/t11-,17-,18-,20+/m1/s1. The maximum Gasteiger partial charge on any atom is 0.154 e.